The van der Waals surface area contributed by atoms with Crippen LogP contribution >= 0.6 is 0 Å². The molecule has 0 saturated carbocycles. The minimum atomic E-state index is -5.24. The molecule has 376 valence electrons. The summed E-state index contributed by atoms with van der Waals surface area (Å²) in [6.07, 6.45) is 9.33. The van der Waals surface area contributed by atoms with Crippen LogP contribution in [0, 0.1) is 11.8 Å². The van der Waals surface area contributed by atoms with Crippen molar-refractivity contribution in [2.45, 2.75) is 34.5 Å². The Kier molecular flexibility index (Phi) is 15.4. The summed E-state index contributed by atoms with van der Waals surface area (Å²) in [6.45, 7) is 5.54. The van der Waals surface area contributed by atoms with Crippen LogP contribution in [0.1, 0.15) is 19.8 Å². The number of hydrogen-bond donors (Lipinski definition) is 6. The lowest BCUT2D eigenvalue weighted by molar-refractivity contribution is -0.138. The van der Waals surface area contributed by atoms with Crippen molar-refractivity contribution in [2.24, 2.45) is 42.5 Å². The number of azo groups is 3. The first-order valence-electron chi connectivity index (χ1n) is 21.1. The first-order valence-corrected chi connectivity index (χ1v) is 26.9. The van der Waals surface area contributed by atoms with E-state index >= 15 is 0 Å². The van der Waals surface area contributed by atoms with Gasteiger partial charge < -0.3 is 19.9 Å². The molecule has 6 N–H and O–H groups in total. The summed E-state index contributed by atoms with van der Waals surface area (Å²) in [4.78, 5) is 8.51. The lowest BCUT2D eigenvalue weighted by Crippen LogP contribution is -2.21. The van der Waals surface area contributed by atoms with Crippen LogP contribution in [0.25, 0.3) is 21.5 Å². The zero-order valence-electron chi connectivity index (χ0n) is 37.3. The number of phenols is 1. The highest BCUT2D eigenvalue weighted by molar-refractivity contribution is 7.90. The molecule has 5 aromatic carbocycles. The molecule has 2 aliphatic rings. The normalized spacial score (nSPS) is 16.5. The van der Waals surface area contributed by atoms with Crippen LogP contribution in [0.2, 0.25) is 0 Å². The average molecular weight is 1060 g/mol. The zero-order chi connectivity index (χ0) is 52.2. The zero-order valence-corrected chi connectivity index (χ0v) is 40.6. The summed E-state index contributed by atoms with van der Waals surface area (Å²) in [7, 11) is -19.7. The number of carbonyl (C=O) groups is 1. The van der Waals surface area contributed by atoms with Crippen molar-refractivity contribution in [2.75, 3.05) is 25.1 Å². The molecule has 2 atom stereocenters. The standard InChI is InChI=1S/C45H41N7O16S4/c1-3-5-18-46-40-25-33-26(21-41(40)71(61,62)63)22-42(72(64,65)66)44(45(33)54)52-51-39-17-15-37(32-13-11-30(24-35(32)39)70(58,59)60)49-50-38-16-14-36(31-12-10-29(23-34(31)38)69(55,56)57)48-47-27-6-8-28(9-7-27)67-19-20-68-43(53)4-2/h4,6-17,21-25,31,34,46,54H,2-3,5,18-20H2,1H3,(H,55,56,57)(H,58,59,60)(H,61,62,63)(H,64,65,66). The molecular weight excluding hydrogens is 1020 g/mol. The van der Waals surface area contributed by atoms with Gasteiger partial charge in [-0.25, -0.2) is 4.79 Å². The molecule has 0 radical (unpaired) electrons. The fourth-order valence-electron chi connectivity index (χ4n) is 7.32. The first kappa shape index (κ1) is 52.5. The van der Waals surface area contributed by atoms with E-state index < -0.39 is 89.3 Å². The number of esters is 1. The number of rotatable bonds is 19. The van der Waals surface area contributed by atoms with E-state index in [1.165, 1.54) is 42.5 Å². The van der Waals surface area contributed by atoms with Gasteiger partial charge in [0.25, 0.3) is 40.5 Å². The molecule has 0 aliphatic heterocycles. The molecule has 0 amide bonds. The van der Waals surface area contributed by atoms with Crippen molar-refractivity contribution < 1.29 is 71.3 Å². The maximum Gasteiger partial charge on any atom is 0.330 e. The molecule has 0 aromatic heterocycles. The second-order valence-electron chi connectivity index (χ2n) is 15.6. The molecule has 0 bridgehead atoms. The second-order valence-corrected chi connectivity index (χ2v) is 21.2. The number of nitrogens with one attached hydrogen (secondary N) is 1. The molecule has 0 saturated heterocycles. The van der Waals surface area contributed by atoms with Crippen LogP contribution < -0.4 is 10.1 Å². The van der Waals surface area contributed by atoms with Gasteiger partial charge in [0.1, 0.15) is 34.4 Å². The predicted molar refractivity (Wildman–Crippen MR) is 261 cm³/mol. The molecule has 5 aromatic rings. The Morgan fingerprint density at radius 3 is 1.97 bits per heavy atom. The molecule has 0 spiro atoms. The van der Waals surface area contributed by atoms with Gasteiger partial charge in [0.15, 0.2) is 5.75 Å². The maximum atomic E-state index is 12.7. The number of ether oxygens (including phenoxy) is 2. The number of hydrogen-bond acceptors (Lipinski definition) is 19. The third-order valence-electron chi connectivity index (χ3n) is 10.8. The van der Waals surface area contributed by atoms with Gasteiger partial charge in [-0.05, 0) is 96.8 Å². The van der Waals surface area contributed by atoms with Crippen LogP contribution in [0.3, 0.4) is 0 Å². The Bertz CT molecular complexity index is 3720. The quantitative estimate of drug-likeness (QED) is 0.0147. The Morgan fingerprint density at radius 1 is 0.694 bits per heavy atom. The summed E-state index contributed by atoms with van der Waals surface area (Å²) in [5.41, 5.74) is -0.143. The Hall–Kier alpha value is -7.37. The summed E-state index contributed by atoms with van der Waals surface area (Å²) >= 11 is 0. The minimum absolute atomic E-state index is 0.00682. The van der Waals surface area contributed by atoms with E-state index in [2.05, 4.69) is 42.6 Å². The van der Waals surface area contributed by atoms with Gasteiger partial charge in [-0.2, -0.15) is 54.1 Å². The molecule has 72 heavy (non-hydrogen) atoms. The van der Waals surface area contributed by atoms with E-state index in [0.29, 0.717) is 30.0 Å². The number of fused-ring (bicyclic) bond motifs is 3. The Balaban J connectivity index is 1.26. The maximum absolute atomic E-state index is 12.7. The van der Waals surface area contributed by atoms with E-state index in [4.69, 9.17) is 9.47 Å². The monoisotopic (exact) mass is 1060 g/mol. The highest BCUT2D eigenvalue weighted by Gasteiger charge is 2.33. The number of carbonyl (C=O) groups excluding carboxylic acids is 1. The van der Waals surface area contributed by atoms with Crippen LogP contribution in [0.4, 0.5) is 28.4 Å². The summed E-state index contributed by atoms with van der Waals surface area (Å²) in [5.74, 6) is -2.57. The number of unbranched alkanes of at least 4 members (excludes halogenated alkanes) is 1. The van der Waals surface area contributed by atoms with Crippen LogP contribution in [-0.2, 0) is 50.0 Å². The van der Waals surface area contributed by atoms with Gasteiger partial charge in [0, 0.05) is 40.6 Å². The molecule has 7 rings (SSSR count). The van der Waals surface area contributed by atoms with Crippen molar-refractivity contribution in [3.63, 3.8) is 0 Å². The van der Waals surface area contributed by atoms with Crippen molar-refractivity contribution in [3.05, 3.63) is 132 Å². The fourth-order valence-corrected chi connectivity index (χ4v) is 9.74. The SMILES string of the molecule is C=CC(=O)OCCOc1ccc(N=NC2=CC=C(N=Nc3ccc(N=Nc4c(S(=O)(=O)O)cc5cc(S(=O)(=O)O)c(NCCCC)cc5c4O)c4cc(S(=O)(=O)O)ccc34)C3C=C(S(=O)(=O)O)C=CC23)cc1. The Morgan fingerprint density at radius 2 is 1.33 bits per heavy atom. The molecule has 27 heteroatoms. The van der Waals surface area contributed by atoms with Crippen molar-refractivity contribution in [1.82, 2.24) is 0 Å². The summed E-state index contributed by atoms with van der Waals surface area (Å²) in [5, 5.41) is 39.4. The summed E-state index contributed by atoms with van der Waals surface area (Å²) in [6, 6.07) is 15.2. The molecule has 23 nitrogen and oxygen atoms in total. The van der Waals surface area contributed by atoms with E-state index in [1.807, 2.05) is 6.92 Å². The number of phenolic OH excluding ortho intramolecular Hbond substituents is 1. The highest BCUT2D eigenvalue weighted by Crippen LogP contribution is 2.45. The molecule has 2 unspecified atom stereocenters. The smallest absolute Gasteiger partial charge is 0.330 e. The summed E-state index contributed by atoms with van der Waals surface area (Å²) < 4.78 is 150. The van der Waals surface area contributed by atoms with Crippen LogP contribution in [0.15, 0.2) is 178 Å². The van der Waals surface area contributed by atoms with Gasteiger partial charge >= 0.3 is 5.97 Å². The van der Waals surface area contributed by atoms with Gasteiger partial charge in [-0.1, -0.05) is 38.1 Å². The number of benzene rings is 5. The average Bonchev–Trinajstić information content (AvgIpc) is 3.32. The topological polar surface area (TPSA) is 359 Å². The highest BCUT2D eigenvalue weighted by atomic mass is 32.2. The van der Waals surface area contributed by atoms with E-state index in [0.717, 1.165) is 36.4 Å². The van der Waals surface area contributed by atoms with Gasteiger partial charge in [0.2, 0.25) is 0 Å². The lowest BCUT2D eigenvalue weighted by Gasteiger charge is -2.28. The number of aromatic hydroxyl groups is 1. The van der Waals surface area contributed by atoms with E-state index in [1.54, 1.807) is 30.3 Å². The number of anilines is 1. The van der Waals surface area contributed by atoms with Gasteiger partial charge in [0.05, 0.1) is 43.9 Å². The minimum Gasteiger partial charge on any atom is -0.505 e. The third-order valence-corrected chi connectivity index (χ3v) is 14.3. The largest absolute Gasteiger partial charge is 0.505 e. The van der Waals surface area contributed by atoms with Crippen molar-refractivity contribution >= 4 is 96.4 Å². The number of nitrogens with zero attached hydrogens (tertiary/aromatic N) is 6. The molecular formula is C45H41N7O16S4. The first-order chi connectivity index (χ1) is 34.0. The van der Waals surface area contributed by atoms with E-state index in [9.17, 15) is 61.8 Å². The van der Waals surface area contributed by atoms with Crippen molar-refractivity contribution in [3.8, 4) is 11.5 Å². The van der Waals surface area contributed by atoms with Crippen molar-refractivity contribution in [1.29, 1.82) is 0 Å². The molecule has 0 heterocycles. The molecule has 0 fully saturated rings. The van der Waals surface area contributed by atoms with Crippen LogP contribution in [-0.4, -0.2) is 82.7 Å². The van der Waals surface area contributed by atoms with Gasteiger partial charge in [-0.15, -0.1) is 10.2 Å². The molecule has 2 aliphatic carbocycles. The van der Waals surface area contributed by atoms with Gasteiger partial charge in [-0.3, -0.25) is 18.2 Å². The fraction of sp³-hybridized carbons (Fsp3) is 0.178. The third kappa shape index (κ3) is 12.2. The number of allylic oxidation sites excluding steroid dienone is 5. The lowest BCUT2D eigenvalue weighted by atomic mass is 9.81. The predicted octanol–water partition coefficient (Wildman–Crippen LogP) is 9.40. The van der Waals surface area contributed by atoms with Crippen LogP contribution in [0.5, 0.6) is 11.5 Å². The van der Waals surface area contributed by atoms with E-state index in [-0.39, 0.29) is 64.1 Å². The Labute approximate surface area is 411 Å². The second kappa shape index (κ2) is 21.2.